The van der Waals surface area contributed by atoms with E-state index in [1.54, 1.807) is 0 Å². The summed E-state index contributed by atoms with van der Waals surface area (Å²) in [5, 5.41) is 0. The van der Waals surface area contributed by atoms with Crippen molar-refractivity contribution >= 4 is 11.6 Å². The molecule has 0 amide bonds. The Morgan fingerprint density at radius 1 is 1.33 bits per heavy atom. The Bertz CT molecular complexity index is 139. The molecule has 0 bridgehead atoms. The van der Waals surface area contributed by atoms with E-state index < -0.39 is 0 Å². The summed E-state index contributed by atoms with van der Waals surface area (Å²) in [4.78, 5) is 0. The topological polar surface area (TPSA) is 9.23 Å². The molecule has 0 spiro atoms. The Kier molecular flexibility index (Phi) is 4.70. The molecule has 1 rings (SSSR count). The predicted octanol–water partition coefficient (Wildman–Crippen LogP) is 3.13. The third kappa shape index (κ3) is 3.59. The summed E-state index contributed by atoms with van der Waals surface area (Å²) in [6.45, 7) is 4.45. The minimum absolute atomic E-state index is 0.471. The van der Waals surface area contributed by atoms with Gasteiger partial charge in [-0.15, -0.1) is 11.6 Å². The van der Waals surface area contributed by atoms with Crippen molar-refractivity contribution in [1.29, 1.82) is 0 Å². The first kappa shape index (κ1) is 10.1. The fourth-order valence-corrected chi connectivity index (χ4v) is 1.58. The molecule has 0 aromatic rings. The lowest BCUT2D eigenvalue weighted by molar-refractivity contribution is 0.0430. The fourth-order valence-electron chi connectivity index (χ4n) is 1.51. The highest BCUT2D eigenvalue weighted by Gasteiger charge is 2.13. The largest absolute Gasteiger partial charge is 0.374 e. The highest BCUT2D eigenvalue weighted by Crippen LogP contribution is 2.20. The zero-order chi connectivity index (χ0) is 8.81. The first-order valence-corrected chi connectivity index (χ1v) is 5.20. The predicted molar refractivity (Wildman–Crippen MR) is 52.7 cm³/mol. The van der Waals surface area contributed by atoms with Gasteiger partial charge in [-0.25, -0.2) is 0 Å². The van der Waals surface area contributed by atoms with Crippen LogP contribution in [0.1, 0.15) is 32.1 Å². The lowest BCUT2D eigenvalue weighted by Crippen LogP contribution is -2.17. The van der Waals surface area contributed by atoms with Crippen LogP contribution in [0.5, 0.6) is 0 Å². The molecule has 0 atom stereocenters. The van der Waals surface area contributed by atoms with Gasteiger partial charge in [0.2, 0.25) is 0 Å². The third-order valence-corrected chi connectivity index (χ3v) is 2.64. The standard InChI is InChI=1S/C10H17ClO/c1-9(7-11)8-12-10-5-3-2-4-6-10/h10H,1-8H2. The minimum Gasteiger partial charge on any atom is -0.374 e. The van der Waals surface area contributed by atoms with Crippen molar-refractivity contribution in [3.8, 4) is 0 Å². The first-order valence-electron chi connectivity index (χ1n) is 4.67. The number of hydrogen-bond acceptors (Lipinski definition) is 1. The quantitative estimate of drug-likeness (QED) is 0.487. The minimum atomic E-state index is 0.471. The van der Waals surface area contributed by atoms with Gasteiger partial charge in [-0.2, -0.15) is 0 Å². The van der Waals surface area contributed by atoms with Crippen LogP contribution in [0, 0.1) is 0 Å². The van der Waals surface area contributed by atoms with E-state index in [2.05, 4.69) is 6.58 Å². The number of rotatable bonds is 4. The molecule has 1 saturated carbocycles. The van der Waals surface area contributed by atoms with Crippen molar-refractivity contribution < 1.29 is 4.74 Å². The van der Waals surface area contributed by atoms with E-state index in [1.165, 1.54) is 32.1 Å². The van der Waals surface area contributed by atoms with Gasteiger partial charge in [0.1, 0.15) is 0 Å². The maximum atomic E-state index is 5.65. The van der Waals surface area contributed by atoms with Crippen molar-refractivity contribution in [2.24, 2.45) is 0 Å². The van der Waals surface area contributed by atoms with Crippen LogP contribution < -0.4 is 0 Å². The lowest BCUT2D eigenvalue weighted by atomic mass is 9.98. The number of ether oxygens (including phenoxy) is 1. The summed E-state index contributed by atoms with van der Waals surface area (Å²) in [7, 11) is 0. The summed E-state index contributed by atoms with van der Waals surface area (Å²) in [5.74, 6) is 0.521. The zero-order valence-corrected chi connectivity index (χ0v) is 8.28. The van der Waals surface area contributed by atoms with E-state index in [0.717, 1.165) is 5.57 Å². The van der Waals surface area contributed by atoms with Gasteiger partial charge in [0.25, 0.3) is 0 Å². The van der Waals surface area contributed by atoms with Gasteiger partial charge in [-0.05, 0) is 18.4 Å². The van der Waals surface area contributed by atoms with Crippen LogP contribution in [0.2, 0.25) is 0 Å². The van der Waals surface area contributed by atoms with Crippen molar-refractivity contribution in [2.75, 3.05) is 12.5 Å². The Morgan fingerprint density at radius 2 is 2.00 bits per heavy atom. The molecule has 1 fully saturated rings. The Labute approximate surface area is 79.7 Å². The summed E-state index contributed by atoms with van der Waals surface area (Å²) >= 11 is 5.59. The second kappa shape index (κ2) is 5.60. The van der Waals surface area contributed by atoms with Crippen LogP contribution in [-0.2, 0) is 4.74 Å². The Morgan fingerprint density at radius 3 is 2.58 bits per heavy atom. The molecule has 1 aliphatic carbocycles. The normalized spacial score (nSPS) is 19.4. The number of hydrogen-bond donors (Lipinski definition) is 0. The second-order valence-electron chi connectivity index (χ2n) is 3.45. The Balaban J connectivity index is 2.09. The molecule has 0 radical (unpaired) electrons. The average Bonchev–Trinajstić information content (AvgIpc) is 2.16. The third-order valence-electron chi connectivity index (χ3n) is 2.26. The van der Waals surface area contributed by atoms with Crippen LogP contribution in [0.25, 0.3) is 0 Å². The molecule has 1 aliphatic rings. The van der Waals surface area contributed by atoms with Gasteiger partial charge in [-0.1, -0.05) is 25.8 Å². The van der Waals surface area contributed by atoms with Gasteiger partial charge >= 0.3 is 0 Å². The molecule has 0 unspecified atom stereocenters. The second-order valence-corrected chi connectivity index (χ2v) is 3.72. The molecule has 2 heteroatoms. The average molecular weight is 189 g/mol. The number of halogens is 1. The highest BCUT2D eigenvalue weighted by atomic mass is 35.5. The SMILES string of the molecule is C=C(CCl)COC1CCCCC1. The van der Waals surface area contributed by atoms with Crippen LogP contribution >= 0.6 is 11.6 Å². The van der Waals surface area contributed by atoms with Crippen LogP contribution in [0.3, 0.4) is 0 Å². The molecule has 0 N–H and O–H groups in total. The van der Waals surface area contributed by atoms with Crippen LogP contribution in [0.4, 0.5) is 0 Å². The van der Waals surface area contributed by atoms with Crippen molar-refractivity contribution in [1.82, 2.24) is 0 Å². The van der Waals surface area contributed by atoms with E-state index in [-0.39, 0.29) is 0 Å². The van der Waals surface area contributed by atoms with Crippen LogP contribution in [-0.4, -0.2) is 18.6 Å². The van der Waals surface area contributed by atoms with E-state index in [9.17, 15) is 0 Å². The summed E-state index contributed by atoms with van der Waals surface area (Å²) in [6.07, 6.45) is 6.91. The first-order chi connectivity index (χ1) is 5.83. The van der Waals surface area contributed by atoms with Gasteiger partial charge in [0.05, 0.1) is 12.7 Å². The van der Waals surface area contributed by atoms with E-state index >= 15 is 0 Å². The summed E-state index contributed by atoms with van der Waals surface area (Å²) in [6, 6.07) is 0. The Hall–Kier alpha value is -0.0100. The van der Waals surface area contributed by atoms with E-state index in [0.29, 0.717) is 18.6 Å². The molecule has 0 aliphatic heterocycles. The van der Waals surface area contributed by atoms with Crippen molar-refractivity contribution in [3.05, 3.63) is 12.2 Å². The molecular weight excluding hydrogens is 172 g/mol. The summed E-state index contributed by atoms with van der Waals surface area (Å²) in [5.41, 5.74) is 0.988. The molecule has 0 aromatic heterocycles. The maximum Gasteiger partial charge on any atom is 0.0689 e. The lowest BCUT2D eigenvalue weighted by Gasteiger charge is -2.22. The van der Waals surface area contributed by atoms with Crippen molar-refractivity contribution in [2.45, 2.75) is 38.2 Å². The number of alkyl halides is 1. The van der Waals surface area contributed by atoms with Crippen molar-refractivity contribution in [3.63, 3.8) is 0 Å². The van der Waals surface area contributed by atoms with E-state index in [4.69, 9.17) is 16.3 Å². The highest BCUT2D eigenvalue weighted by molar-refractivity contribution is 6.19. The molecule has 0 aromatic carbocycles. The van der Waals surface area contributed by atoms with Gasteiger partial charge in [0.15, 0.2) is 0 Å². The zero-order valence-electron chi connectivity index (χ0n) is 7.52. The molecule has 0 heterocycles. The molecule has 1 nitrogen and oxygen atoms in total. The van der Waals surface area contributed by atoms with Gasteiger partial charge in [0, 0.05) is 5.88 Å². The molecule has 0 saturated heterocycles. The molecule has 70 valence electrons. The monoisotopic (exact) mass is 188 g/mol. The van der Waals surface area contributed by atoms with Gasteiger partial charge in [-0.3, -0.25) is 0 Å². The summed E-state index contributed by atoms with van der Waals surface area (Å²) < 4.78 is 5.65. The van der Waals surface area contributed by atoms with Crippen LogP contribution in [0.15, 0.2) is 12.2 Å². The molecule has 12 heavy (non-hydrogen) atoms. The maximum absolute atomic E-state index is 5.65. The fraction of sp³-hybridized carbons (Fsp3) is 0.800. The van der Waals surface area contributed by atoms with Gasteiger partial charge < -0.3 is 4.74 Å². The smallest absolute Gasteiger partial charge is 0.0689 e. The molecular formula is C10H17ClO. The van der Waals surface area contributed by atoms with E-state index in [1.807, 2.05) is 0 Å².